The van der Waals surface area contributed by atoms with Crippen LogP contribution in [-0.4, -0.2) is 40.4 Å². The van der Waals surface area contributed by atoms with E-state index in [-0.39, 0.29) is 18.6 Å². The van der Waals surface area contributed by atoms with Gasteiger partial charge >= 0.3 is 5.97 Å². The Bertz CT molecular complexity index is 824. The summed E-state index contributed by atoms with van der Waals surface area (Å²) in [6.07, 6.45) is 1.62. The van der Waals surface area contributed by atoms with E-state index < -0.39 is 5.97 Å². The monoisotopic (exact) mass is 343 g/mol. The second-order valence-electron chi connectivity index (χ2n) is 5.36. The number of para-hydroxylation sites is 1. The fraction of sp³-hybridized carbons (Fsp3) is 0.235. The van der Waals surface area contributed by atoms with E-state index in [1.54, 1.807) is 41.6 Å². The topological polar surface area (TPSA) is 75.3 Å². The number of hydrogen-bond donors (Lipinski definition) is 1. The first-order valence-corrected chi connectivity index (χ1v) is 8.29. The average molecular weight is 343 g/mol. The summed E-state index contributed by atoms with van der Waals surface area (Å²) < 4.78 is 6.12. The van der Waals surface area contributed by atoms with E-state index in [4.69, 9.17) is 4.74 Å². The van der Waals surface area contributed by atoms with Crippen molar-refractivity contribution in [2.24, 2.45) is 0 Å². The number of carbonyl (C=O) groups excluding carboxylic acids is 2. The van der Waals surface area contributed by atoms with Crippen LogP contribution in [0.1, 0.15) is 28.5 Å². The SMILES string of the molecule is C[C@H](c1nc2ccccc2s1)N(C)C(=O)COC(=O)c1ccc[nH]1. The van der Waals surface area contributed by atoms with Gasteiger partial charge in [-0.25, -0.2) is 9.78 Å². The summed E-state index contributed by atoms with van der Waals surface area (Å²) in [4.78, 5) is 32.9. The van der Waals surface area contributed by atoms with Crippen LogP contribution in [0.4, 0.5) is 0 Å². The van der Waals surface area contributed by atoms with Gasteiger partial charge in [-0.2, -0.15) is 0 Å². The van der Waals surface area contributed by atoms with Crippen molar-refractivity contribution in [3.8, 4) is 0 Å². The van der Waals surface area contributed by atoms with Gasteiger partial charge in [0.2, 0.25) is 0 Å². The van der Waals surface area contributed by atoms with Crippen LogP contribution in [-0.2, 0) is 9.53 Å². The lowest BCUT2D eigenvalue weighted by molar-refractivity contribution is -0.135. The number of nitrogens with zero attached hydrogens (tertiary/aromatic N) is 2. The molecule has 1 amide bonds. The zero-order valence-electron chi connectivity index (χ0n) is 13.4. The van der Waals surface area contributed by atoms with Gasteiger partial charge in [0, 0.05) is 13.2 Å². The Morgan fingerprint density at radius 3 is 2.79 bits per heavy atom. The Hall–Kier alpha value is -2.67. The van der Waals surface area contributed by atoms with Crippen LogP contribution >= 0.6 is 11.3 Å². The molecule has 2 heterocycles. The molecule has 0 aliphatic rings. The number of likely N-dealkylation sites (N-methyl/N-ethyl adjacent to an activating group) is 1. The van der Waals surface area contributed by atoms with Gasteiger partial charge in [-0.3, -0.25) is 4.79 Å². The number of fused-ring (bicyclic) bond motifs is 1. The van der Waals surface area contributed by atoms with Gasteiger partial charge in [-0.05, 0) is 31.2 Å². The highest BCUT2D eigenvalue weighted by molar-refractivity contribution is 7.18. The Labute approximate surface area is 143 Å². The standard InChI is InChI=1S/C17H17N3O3S/c1-11(16-19-12-6-3-4-8-14(12)24-16)20(2)15(21)10-23-17(22)13-7-5-9-18-13/h3-9,11,18H,10H2,1-2H3/t11-/m1/s1. The van der Waals surface area contributed by atoms with Crippen LogP contribution in [0.5, 0.6) is 0 Å². The molecule has 124 valence electrons. The Morgan fingerprint density at radius 2 is 2.08 bits per heavy atom. The molecule has 3 aromatic rings. The molecule has 2 aromatic heterocycles. The van der Waals surface area contributed by atoms with Gasteiger partial charge in [0.15, 0.2) is 6.61 Å². The van der Waals surface area contributed by atoms with Crippen molar-refractivity contribution >= 4 is 33.4 Å². The van der Waals surface area contributed by atoms with Crippen molar-refractivity contribution in [3.63, 3.8) is 0 Å². The van der Waals surface area contributed by atoms with E-state index in [9.17, 15) is 9.59 Å². The lowest BCUT2D eigenvalue weighted by Gasteiger charge is -2.22. The summed E-state index contributed by atoms with van der Waals surface area (Å²) >= 11 is 1.56. The van der Waals surface area contributed by atoms with Gasteiger partial charge in [-0.15, -0.1) is 11.3 Å². The number of aromatic amines is 1. The van der Waals surface area contributed by atoms with Crippen molar-refractivity contribution in [2.45, 2.75) is 13.0 Å². The van der Waals surface area contributed by atoms with Gasteiger partial charge in [0.25, 0.3) is 5.91 Å². The molecule has 1 atom stereocenters. The third-order valence-electron chi connectivity index (χ3n) is 3.79. The Balaban J connectivity index is 1.63. The van der Waals surface area contributed by atoms with Gasteiger partial charge in [-0.1, -0.05) is 12.1 Å². The average Bonchev–Trinajstić information content (AvgIpc) is 3.26. The predicted molar refractivity (Wildman–Crippen MR) is 91.9 cm³/mol. The van der Waals surface area contributed by atoms with Crippen molar-refractivity contribution in [1.82, 2.24) is 14.9 Å². The van der Waals surface area contributed by atoms with Crippen molar-refractivity contribution in [2.75, 3.05) is 13.7 Å². The van der Waals surface area contributed by atoms with Gasteiger partial charge in [0.1, 0.15) is 10.7 Å². The molecular formula is C17H17N3O3S. The maximum absolute atomic E-state index is 12.3. The molecule has 0 aliphatic carbocycles. The number of esters is 1. The van der Waals surface area contributed by atoms with Gasteiger partial charge in [0.05, 0.1) is 16.3 Å². The molecule has 0 unspecified atom stereocenters. The fourth-order valence-corrected chi connectivity index (χ4v) is 3.28. The number of hydrogen-bond acceptors (Lipinski definition) is 5. The van der Waals surface area contributed by atoms with Crippen molar-refractivity contribution < 1.29 is 14.3 Å². The Kier molecular flexibility index (Phi) is 4.61. The molecule has 0 radical (unpaired) electrons. The number of aromatic nitrogens is 2. The third kappa shape index (κ3) is 3.30. The van der Waals surface area contributed by atoms with E-state index >= 15 is 0 Å². The summed E-state index contributed by atoms with van der Waals surface area (Å²) in [5.74, 6) is -0.823. The quantitative estimate of drug-likeness (QED) is 0.723. The van der Waals surface area contributed by atoms with E-state index in [1.807, 2.05) is 31.2 Å². The molecule has 0 saturated heterocycles. The van der Waals surface area contributed by atoms with Crippen LogP contribution in [0, 0.1) is 0 Å². The lowest BCUT2D eigenvalue weighted by Crippen LogP contribution is -2.33. The van der Waals surface area contributed by atoms with Gasteiger partial charge < -0.3 is 14.6 Å². The second-order valence-corrected chi connectivity index (χ2v) is 6.42. The fourth-order valence-electron chi connectivity index (χ4n) is 2.21. The Morgan fingerprint density at radius 1 is 1.29 bits per heavy atom. The summed E-state index contributed by atoms with van der Waals surface area (Å²) in [7, 11) is 1.68. The zero-order chi connectivity index (χ0) is 17.1. The normalized spacial score (nSPS) is 12.1. The highest BCUT2D eigenvalue weighted by Gasteiger charge is 2.22. The number of rotatable bonds is 5. The molecule has 0 fully saturated rings. The number of amides is 1. The molecule has 3 rings (SSSR count). The molecular weight excluding hydrogens is 326 g/mol. The van der Waals surface area contributed by atoms with Crippen LogP contribution < -0.4 is 0 Å². The first-order chi connectivity index (χ1) is 11.6. The maximum Gasteiger partial charge on any atom is 0.355 e. The lowest BCUT2D eigenvalue weighted by atomic mass is 10.3. The minimum atomic E-state index is -0.547. The van der Waals surface area contributed by atoms with E-state index in [0.717, 1.165) is 15.2 Å². The molecule has 1 aromatic carbocycles. The predicted octanol–water partition coefficient (Wildman–Crippen LogP) is 3.00. The molecule has 0 spiro atoms. The first-order valence-electron chi connectivity index (χ1n) is 7.48. The highest BCUT2D eigenvalue weighted by Crippen LogP contribution is 2.28. The molecule has 24 heavy (non-hydrogen) atoms. The number of H-pyrrole nitrogens is 1. The number of thiazole rings is 1. The zero-order valence-corrected chi connectivity index (χ0v) is 14.2. The van der Waals surface area contributed by atoms with Crippen molar-refractivity contribution in [1.29, 1.82) is 0 Å². The number of carbonyl (C=O) groups is 2. The maximum atomic E-state index is 12.3. The number of benzene rings is 1. The van der Waals surface area contributed by atoms with Crippen LogP contribution in [0.15, 0.2) is 42.6 Å². The summed E-state index contributed by atoms with van der Waals surface area (Å²) in [5.41, 5.74) is 1.24. The number of nitrogens with one attached hydrogen (secondary N) is 1. The van der Waals surface area contributed by atoms with Crippen LogP contribution in [0.2, 0.25) is 0 Å². The summed E-state index contributed by atoms with van der Waals surface area (Å²) in [5, 5.41) is 0.850. The second kappa shape index (κ2) is 6.84. The van der Waals surface area contributed by atoms with Crippen molar-refractivity contribution in [3.05, 3.63) is 53.3 Å². The molecule has 6 nitrogen and oxygen atoms in total. The largest absolute Gasteiger partial charge is 0.451 e. The van der Waals surface area contributed by atoms with E-state index in [2.05, 4.69) is 9.97 Å². The first kappa shape index (κ1) is 16.2. The summed E-state index contributed by atoms with van der Waals surface area (Å²) in [6, 6.07) is 10.9. The smallest absolute Gasteiger partial charge is 0.355 e. The van der Waals surface area contributed by atoms with E-state index in [0.29, 0.717) is 5.69 Å². The summed E-state index contributed by atoms with van der Waals surface area (Å²) in [6.45, 7) is 1.60. The van der Waals surface area contributed by atoms with Crippen LogP contribution in [0.3, 0.4) is 0 Å². The molecule has 0 aliphatic heterocycles. The van der Waals surface area contributed by atoms with E-state index in [1.165, 1.54) is 0 Å². The molecule has 0 saturated carbocycles. The molecule has 1 N–H and O–H groups in total. The van der Waals surface area contributed by atoms with Crippen LogP contribution in [0.25, 0.3) is 10.2 Å². The molecule has 7 heteroatoms. The highest BCUT2D eigenvalue weighted by atomic mass is 32.1. The minimum Gasteiger partial charge on any atom is -0.451 e. The molecule has 0 bridgehead atoms. The minimum absolute atomic E-state index is 0.195. The number of ether oxygens (including phenoxy) is 1. The third-order valence-corrected chi connectivity index (χ3v) is 4.99.